The highest BCUT2D eigenvalue weighted by Crippen LogP contribution is 2.53. The first kappa shape index (κ1) is 20.8. The number of rotatable bonds is 11. The van der Waals surface area contributed by atoms with Gasteiger partial charge in [0.25, 0.3) is 0 Å². The van der Waals surface area contributed by atoms with Crippen LogP contribution in [0.4, 0.5) is 0 Å². The molecule has 0 saturated heterocycles. The number of carbonyl (C=O) groups is 1. The molecule has 0 N–H and O–H groups in total. The average molecular weight is 377 g/mol. The van der Waals surface area contributed by atoms with Crippen LogP contribution in [-0.2, 0) is 5.41 Å². The Bertz CT molecular complexity index is 796. The van der Waals surface area contributed by atoms with E-state index in [2.05, 4.69) is 63.2 Å². The number of benzene rings is 2. The zero-order valence-corrected chi connectivity index (χ0v) is 18.0. The second kappa shape index (κ2) is 9.54. The van der Waals surface area contributed by atoms with Crippen LogP contribution in [0.25, 0.3) is 11.1 Å². The molecule has 28 heavy (non-hydrogen) atoms. The molecule has 3 rings (SSSR count). The van der Waals surface area contributed by atoms with Crippen molar-refractivity contribution >= 4 is 5.78 Å². The molecule has 2 aromatic carbocycles. The molecule has 0 bridgehead atoms. The lowest BCUT2D eigenvalue weighted by molar-refractivity contribution is 0.0979. The first-order valence-electron chi connectivity index (χ1n) is 11.5. The minimum atomic E-state index is 0.0762. The number of hydrogen-bond donors (Lipinski definition) is 0. The number of unbranched alkanes of at least 4 members (excludes halogenated alkanes) is 4. The summed E-state index contributed by atoms with van der Waals surface area (Å²) < 4.78 is 0. The maximum absolute atomic E-state index is 12.9. The van der Waals surface area contributed by atoms with E-state index in [9.17, 15) is 4.79 Å². The van der Waals surface area contributed by atoms with Gasteiger partial charge in [-0.05, 0) is 47.6 Å². The van der Waals surface area contributed by atoms with Gasteiger partial charge in [0.05, 0.1) is 0 Å². The summed E-state index contributed by atoms with van der Waals surface area (Å²) in [7, 11) is 0. The van der Waals surface area contributed by atoms with Crippen molar-refractivity contribution in [2.75, 3.05) is 0 Å². The standard InChI is InChI=1S/C27H36O/c1-4-7-8-9-10-15-26(28)21-16-17-23-22-13-11-12-14-24(22)27(18-5-2,19-6-3)25(23)20-21/h11-14,16-17,20H,4-10,15,18-19H2,1-3H3. The summed E-state index contributed by atoms with van der Waals surface area (Å²) in [5.74, 6) is 0.317. The quantitative estimate of drug-likeness (QED) is 0.286. The van der Waals surface area contributed by atoms with Crippen molar-refractivity contribution < 1.29 is 4.79 Å². The fraction of sp³-hybridized carbons (Fsp3) is 0.519. The Balaban J connectivity index is 1.91. The van der Waals surface area contributed by atoms with Gasteiger partial charge in [-0.2, -0.15) is 0 Å². The Kier molecular flexibility index (Phi) is 7.10. The van der Waals surface area contributed by atoms with Gasteiger partial charge in [0, 0.05) is 17.4 Å². The molecule has 1 aliphatic carbocycles. The smallest absolute Gasteiger partial charge is 0.162 e. The lowest BCUT2D eigenvalue weighted by Gasteiger charge is -2.32. The van der Waals surface area contributed by atoms with E-state index >= 15 is 0 Å². The molecule has 2 aromatic rings. The van der Waals surface area contributed by atoms with Crippen LogP contribution in [-0.4, -0.2) is 5.78 Å². The SMILES string of the molecule is CCCCCCCC(=O)c1ccc2c(c1)C(CCC)(CCC)c1ccccc1-2. The van der Waals surface area contributed by atoms with Crippen molar-refractivity contribution in [3.05, 3.63) is 59.2 Å². The van der Waals surface area contributed by atoms with Crippen LogP contribution in [0, 0.1) is 0 Å². The molecular weight excluding hydrogens is 340 g/mol. The summed E-state index contributed by atoms with van der Waals surface area (Å²) in [5, 5.41) is 0. The first-order valence-corrected chi connectivity index (χ1v) is 11.5. The topological polar surface area (TPSA) is 17.1 Å². The van der Waals surface area contributed by atoms with Crippen LogP contribution in [0.3, 0.4) is 0 Å². The molecule has 0 heterocycles. The van der Waals surface area contributed by atoms with Crippen molar-refractivity contribution in [3.8, 4) is 11.1 Å². The molecule has 1 aliphatic rings. The van der Waals surface area contributed by atoms with Crippen LogP contribution in [0.1, 0.15) is 106 Å². The largest absolute Gasteiger partial charge is 0.294 e. The summed E-state index contributed by atoms with van der Waals surface area (Å²) in [5.41, 5.74) is 6.58. The molecule has 0 aromatic heterocycles. The van der Waals surface area contributed by atoms with E-state index in [1.165, 1.54) is 47.9 Å². The second-order valence-corrected chi connectivity index (χ2v) is 8.48. The monoisotopic (exact) mass is 376 g/mol. The number of carbonyl (C=O) groups excluding carboxylic acids is 1. The Morgan fingerprint density at radius 1 is 0.750 bits per heavy atom. The minimum Gasteiger partial charge on any atom is -0.294 e. The first-order chi connectivity index (χ1) is 13.7. The number of Topliss-reactive ketones (excluding diaryl/α,β-unsaturated/α-hetero) is 1. The lowest BCUT2D eigenvalue weighted by Crippen LogP contribution is -2.25. The van der Waals surface area contributed by atoms with Gasteiger partial charge < -0.3 is 0 Å². The van der Waals surface area contributed by atoms with Crippen molar-refractivity contribution in [3.63, 3.8) is 0 Å². The van der Waals surface area contributed by atoms with Gasteiger partial charge in [0.15, 0.2) is 5.78 Å². The Labute approximate surface area is 171 Å². The highest BCUT2D eigenvalue weighted by atomic mass is 16.1. The van der Waals surface area contributed by atoms with Gasteiger partial charge in [-0.15, -0.1) is 0 Å². The van der Waals surface area contributed by atoms with Crippen LogP contribution in [0.15, 0.2) is 42.5 Å². The van der Waals surface area contributed by atoms with Gasteiger partial charge in [0.1, 0.15) is 0 Å². The third kappa shape index (κ3) is 3.95. The number of ketones is 1. The lowest BCUT2D eigenvalue weighted by atomic mass is 9.71. The average Bonchev–Trinajstić information content (AvgIpc) is 2.98. The molecule has 0 fully saturated rings. The third-order valence-electron chi connectivity index (χ3n) is 6.45. The highest BCUT2D eigenvalue weighted by molar-refractivity contribution is 5.97. The molecule has 0 amide bonds. The summed E-state index contributed by atoms with van der Waals surface area (Å²) in [6.07, 6.45) is 11.3. The maximum Gasteiger partial charge on any atom is 0.162 e. The Morgan fingerprint density at radius 2 is 1.43 bits per heavy atom. The molecule has 1 heteroatoms. The molecule has 1 nitrogen and oxygen atoms in total. The summed E-state index contributed by atoms with van der Waals surface area (Å²) in [6, 6.07) is 15.4. The van der Waals surface area contributed by atoms with E-state index in [4.69, 9.17) is 0 Å². The molecule has 0 unspecified atom stereocenters. The summed E-state index contributed by atoms with van der Waals surface area (Å²) >= 11 is 0. The molecular formula is C27H36O. The van der Waals surface area contributed by atoms with Gasteiger partial charge in [-0.1, -0.05) is 95.7 Å². The zero-order chi connectivity index (χ0) is 20.0. The van der Waals surface area contributed by atoms with E-state index in [1.54, 1.807) is 0 Å². The summed E-state index contributed by atoms with van der Waals surface area (Å²) in [6.45, 7) is 6.79. The van der Waals surface area contributed by atoms with Gasteiger partial charge in [0.2, 0.25) is 0 Å². The van der Waals surface area contributed by atoms with E-state index in [0.717, 1.165) is 37.7 Å². The van der Waals surface area contributed by atoms with E-state index in [1.807, 2.05) is 0 Å². The predicted molar refractivity (Wildman–Crippen MR) is 120 cm³/mol. The second-order valence-electron chi connectivity index (χ2n) is 8.48. The minimum absolute atomic E-state index is 0.0762. The fourth-order valence-corrected chi connectivity index (χ4v) is 5.18. The van der Waals surface area contributed by atoms with E-state index in [-0.39, 0.29) is 5.41 Å². The van der Waals surface area contributed by atoms with Crippen LogP contribution >= 0.6 is 0 Å². The van der Waals surface area contributed by atoms with Crippen LogP contribution in [0.5, 0.6) is 0 Å². The van der Waals surface area contributed by atoms with Gasteiger partial charge >= 0.3 is 0 Å². The Hall–Kier alpha value is -1.89. The molecule has 0 spiro atoms. The van der Waals surface area contributed by atoms with Crippen molar-refractivity contribution in [1.82, 2.24) is 0 Å². The highest BCUT2D eigenvalue weighted by Gasteiger charge is 2.41. The van der Waals surface area contributed by atoms with E-state index in [0.29, 0.717) is 12.2 Å². The normalized spacial score (nSPS) is 14.0. The molecule has 0 atom stereocenters. The third-order valence-corrected chi connectivity index (χ3v) is 6.45. The molecule has 150 valence electrons. The van der Waals surface area contributed by atoms with Crippen molar-refractivity contribution in [1.29, 1.82) is 0 Å². The molecule has 0 radical (unpaired) electrons. The Morgan fingerprint density at radius 3 is 2.14 bits per heavy atom. The van der Waals surface area contributed by atoms with Gasteiger partial charge in [-0.25, -0.2) is 0 Å². The van der Waals surface area contributed by atoms with Crippen molar-refractivity contribution in [2.24, 2.45) is 0 Å². The molecule has 0 saturated carbocycles. The predicted octanol–water partition coefficient (Wildman–Crippen LogP) is 8.10. The van der Waals surface area contributed by atoms with Gasteiger partial charge in [-0.3, -0.25) is 4.79 Å². The van der Waals surface area contributed by atoms with Crippen LogP contribution < -0.4 is 0 Å². The van der Waals surface area contributed by atoms with Crippen LogP contribution in [0.2, 0.25) is 0 Å². The fourth-order valence-electron chi connectivity index (χ4n) is 5.18. The maximum atomic E-state index is 12.9. The summed E-state index contributed by atoms with van der Waals surface area (Å²) in [4.78, 5) is 12.9. The number of fused-ring (bicyclic) bond motifs is 3. The molecule has 0 aliphatic heterocycles. The van der Waals surface area contributed by atoms with E-state index < -0.39 is 0 Å². The number of hydrogen-bond acceptors (Lipinski definition) is 1. The van der Waals surface area contributed by atoms with Crippen molar-refractivity contribution in [2.45, 2.75) is 90.4 Å². The zero-order valence-electron chi connectivity index (χ0n) is 18.0.